The summed E-state index contributed by atoms with van der Waals surface area (Å²) < 4.78 is 0. The quantitative estimate of drug-likeness (QED) is 0.767. The second kappa shape index (κ2) is 7.18. The first-order chi connectivity index (χ1) is 9.73. The second-order valence-electron chi connectivity index (χ2n) is 4.76. The minimum absolute atomic E-state index is 0.589. The van der Waals surface area contributed by atoms with Gasteiger partial charge >= 0.3 is 0 Å². The van der Waals surface area contributed by atoms with Gasteiger partial charge in [-0.1, -0.05) is 20.8 Å². The van der Waals surface area contributed by atoms with Crippen LogP contribution in [0.4, 0.5) is 5.13 Å². The summed E-state index contributed by atoms with van der Waals surface area (Å²) in [5.41, 5.74) is 2.28. The number of thiazole rings is 2. The Morgan fingerprint density at radius 1 is 1.15 bits per heavy atom. The van der Waals surface area contributed by atoms with Gasteiger partial charge in [0.2, 0.25) is 0 Å². The summed E-state index contributed by atoms with van der Waals surface area (Å²) >= 11 is 3.51. The van der Waals surface area contributed by atoms with E-state index in [1.54, 1.807) is 11.3 Å². The minimum Gasteiger partial charge on any atom is -0.362 e. The van der Waals surface area contributed by atoms with Crippen LogP contribution < -0.4 is 5.32 Å². The lowest BCUT2D eigenvalue weighted by Gasteiger charge is -2.06. The fourth-order valence-corrected chi connectivity index (χ4v) is 4.46. The Hall–Kier alpha value is -0.940. The van der Waals surface area contributed by atoms with Crippen molar-refractivity contribution in [2.75, 3.05) is 11.9 Å². The Morgan fingerprint density at radius 2 is 1.90 bits per heavy atom. The van der Waals surface area contributed by atoms with E-state index in [0.717, 1.165) is 36.6 Å². The van der Waals surface area contributed by atoms with Gasteiger partial charge in [0, 0.05) is 17.8 Å². The van der Waals surface area contributed by atoms with Crippen molar-refractivity contribution in [3.63, 3.8) is 0 Å². The van der Waals surface area contributed by atoms with Gasteiger partial charge in [-0.25, -0.2) is 9.97 Å². The third-order valence-electron chi connectivity index (χ3n) is 3.45. The summed E-state index contributed by atoms with van der Waals surface area (Å²) in [5, 5.41) is 7.70. The molecule has 110 valence electrons. The van der Waals surface area contributed by atoms with Gasteiger partial charge in [0.25, 0.3) is 0 Å². The molecule has 5 heteroatoms. The van der Waals surface area contributed by atoms with E-state index in [1.165, 1.54) is 15.6 Å². The predicted molar refractivity (Wildman–Crippen MR) is 90.1 cm³/mol. The molecule has 0 radical (unpaired) electrons. The van der Waals surface area contributed by atoms with E-state index in [2.05, 4.69) is 43.4 Å². The number of hydrogen-bond acceptors (Lipinski definition) is 5. The molecule has 0 spiro atoms. The first-order valence-corrected chi connectivity index (χ1v) is 9.12. The van der Waals surface area contributed by atoms with Crippen molar-refractivity contribution in [3.05, 3.63) is 16.1 Å². The molecule has 2 aromatic rings. The number of aromatic nitrogens is 2. The molecule has 0 aliphatic heterocycles. The maximum atomic E-state index is 4.87. The topological polar surface area (TPSA) is 37.8 Å². The Bertz CT molecular complexity index is 541. The van der Waals surface area contributed by atoms with E-state index in [1.807, 2.05) is 11.3 Å². The smallest absolute Gasteiger partial charge is 0.183 e. The van der Waals surface area contributed by atoms with E-state index >= 15 is 0 Å². The first-order valence-electron chi connectivity index (χ1n) is 7.42. The standard InChI is InChI=1S/C15H23N3S2/c1-5-10(6-2)14-17-11(7-3)13(20-14)12-9-19-15(18-12)16-8-4/h9-10H,5-8H2,1-4H3,(H,16,18). The second-order valence-corrected chi connectivity index (χ2v) is 6.65. The average molecular weight is 310 g/mol. The normalized spacial score (nSPS) is 11.2. The van der Waals surface area contributed by atoms with Gasteiger partial charge in [-0.15, -0.1) is 22.7 Å². The summed E-state index contributed by atoms with van der Waals surface area (Å²) in [6, 6.07) is 0. The number of anilines is 1. The number of nitrogens with zero attached hydrogens (tertiary/aromatic N) is 2. The zero-order chi connectivity index (χ0) is 14.5. The van der Waals surface area contributed by atoms with Gasteiger partial charge in [0.15, 0.2) is 5.13 Å². The first kappa shape index (κ1) is 15.4. The molecular weight excluding hydrogens is 286 g/mol. The minimum atomic E-state index is 0.589. The van der Waals surface area contributed by atoms with Crippen LogP contribution in [0.1, 0.15) is 57.2 Å². The van der Waals surface area contributed by atoms with Crippen molar-refractivity contribution in [3.8, 4) is 10.6 Å². The van der Waals surface area contributed by atoms with Crippen molar-refractivity contribution in [1.82, 2.24) is 9.97 Å². The monoisotopic (exact) mass is 309 g/mol. The predicted octanol–water partition coefficient (Wildman–Crippen LogP) is 5.16. The molecule has 0 atom stereocenters. The number of rotatable bonds is 7. The Kier molecular flexibility index (Phi) is 5.54. The maximum absolute atomic E-state index is 4.87. The van der Waals surface area contributed by atoms with Crippen LogP contribution in [-0.2, 0) is 6.42 Å². The maximum Gasteiger partial charge on any atom is 0.183 e. The van der Waals surface area contributed by atoms with Crippen LogP contribution in [0.15, 0.2) is 5.38 Å². The molecule has 0 amide bonds. The highest BCUT2D eigenvalue weighted by molar-refractivity contribution is 7.17. The Balaban J connectivity index is 2.34. The third-order valence-corrected chi connectivity index (χ3v) is 5.53. The summed E-state index contributed by atoms with van der Waals surface area (Å²) in [6.45, 7) is 9.67. The van der Waals surface area contributed by atoms with Crippen LogP contribution in [0.2, 0.25) is 0 Å². The number of aryl methyl sites for hydroxylation is 1. The van der Waals surface area contributed by atoms with Crippen molar-refractivity contribution in [2.45, 2.75) is 52.9 Å². The number of nitrogens with one attached hydrogen (secondary N) is 1. The summed E-state index contributed by atoms with van der Waals surface area (Å²) in [4.78, 5) is 10.8. The summed E-state index contributed by atoms with van der Waals surface area (Å²) in [6.07, 6.45) is 3.29. The molecular formula is C15H23N3S2. The molecule has 0 aliphatic rings. The van der Waals surface area contributed by atoms with Crippen LogP contribution >= 0.6 is 22.7 Å². The lowest BCUT2D eigenvalue weighted by atomic mass is 10.1. The van der Waals surface area contributed by atoms with Gasteiger partial charge in [-0.05, 0) is 26.2 Å². The summed E-state index contributed by atoms with van der Waals surface area (Å²) in [5.74, 6) is 0.589. The molecule has 2 rings (SSSR count). The highest BCUT2D eigenvalue weighted by Crippen LogP contribution is 2.37. The molecule has 0 aromatic carbocycles. The number of hydrogen-bond donors (Lipinski definition) is 1. The van der Waals surface area contributed by atoms with E-state index in [4.69, 9.17) is 4.98 Å². The fourth-order valence-electron chi connectivity index (χ4n) is 2.23. The van der Waals surface area contributed by atoms with E-state index in [-0.39, 0.29) is 0 Å². The SMILES string of the molecule is CCNc1nc(-c2sc(C(CC)CC)nc2CC)cs1. The van der Waals surface area contributed by atoms with Gasteiger partial charge in [-0.3, -0.25) is 0 Å². The van der Waals surface area contributed by atoms with E-state index in [9.17, 15) is 0 Å². The molecule has 1 N–H and O–H groups in total. The van der Waals surface area contributed by atoms with Crippen LogP contribution in [0.25, 0.3) is 10.6 Å². The highest BCUT2D eigenvalue weighted by Gasteiger charge is 2.18. The largest absolute Gasteiger partial charge is 0.362 e. The van der Waals surface area contributed by atoms with Gasteiger partial charge in [-0.2, -0.15) is 0 Å². The van der Waals surface area contributed by atoms with Crippen LogP contribution in [-0.4, -0.2) is 16.5 Å². The van der Waals surface area contributed by atoms with Gasteiger partial charge in [0.1, 0.15) is 0 Å². The molecule has 0 saturated heterocycles. The molecule has 0 fully saturated rings. The van der Waals surface area contributed by atoms with Gasteiger partial charge < -0.3 is 5.32 Å². The Morgan fingerprint density at radius 3 is 2.50 bits per heavy atom. The molecule has 0 aliphatic carbocycles. The summed E-state index contributed by atoms with van der Waals surface area (Å²) in [7, 11) is 0. The molecule has 0 bridgehead atoms. The molecule has 0 unspecified atom stereocenters. The van der Waals surface area contributed by atoms with E-state index < -0.39 is 0 Å². The van der Waals surface area contributed by atoms with E-state index in [0.29, 0.717) is 5.92 Å². The van der Waals surface area contributed by atoms with Crippen LogP contribution in [0.5, 0.6) is 0 Å². The average Bonchev–Trinajstić information content (AvgIpc) is 3.07. The Labute approximate surface area is 129 Å². The van der Waals surface area contributed by atoms with Crippen molar-refractivity contribution in [1.29, 1.82) is 0 Å². The van der Waals surface area contributed by atoms with Crippen molar-refractivity contribution >= 4 is 27.8 Å². The highest BCUT2D eigenvalue weighted by atomic mass is 32.1. The fraction of sp³-hybridized carbons (Fsp3) is 0.600. The third kappa shape index (κ3) is 3.20. The zero-order valence-corrected chi connectivity index (χ0v) is 14.3. The van der Waals surface area contributed by atoms with Crippen LogP contribution in [0.3, 0.4) is 0 Å². The van der Waals surface area contributed by atoms with Crippen molar-refractivity contribution < 1.29 is 0 Å². The van der Waals surface area contributed by atoms with Crippen LogP contribution in [0, 0.1) is 0 Å². The zero-order valence-electron chi connectivity index (χ0n) is 12.7. The molecule has 0 saturated carbocycles. The molecule has 2 heterocycles. The van der Waals surface area contributed by atoms with Crippen molar-refractivity contribution in [2.24, 2.45) is 0 Å². The lowest BCUT2D eigenvalue weighted by Crippen LogP contribution is -1.95. The lowest BCUT2D eigenvalue weighted by molar-refractivity contribution is 0.635. The molecule has 2 aromatic heterocycles. The molecule has 3 nitrogen and oxygen atoms in total. The van der Waals surface area contributed by atoms with Gasteiger partial charge in [0.05, 0.1) is 21.3 Å². The molecule has 20 heavy (non-hydrogen) atoms.